The molecule has 4 rings (SSSR count). The Kier molecular flexibility index (Phi) is 5.22. The number of hydrogen-bond donors (Lipinski definition) is 0. The molecule has 0 saturated heterocycles. The van der Waals surface area contributed by atoms with Crippen molar-refractivity contribution in [3.8, 4) is 16.9 Å². The van der Waals surface area contributed by atoms with Gasteiger partial charge in [0.15, 0.2) is 17.5 Å². The maximum absolute atomic E-state index is 12.6. The number of hydrogen-bond acceptors (Lipinski definition) is 5. The molecule has 1 aliphatic heterocycles. The summed E-state index contributed by atoms with van der Waals surface area (Å²) in [5.41, 5.74) is 3.11. The average molecular weight is 398 g/mol. The predicted molar refractivity (Wildman–Crippen MR) is 111 cm³/mol. The number of para-hydroxylation sites is 1. The van der Waals surface area contributed by atoms with E-state index in [9.17, 15) is 14.4 Å². The minimum absolute atomic E-state index is 0.188. The first-order chi connectivity index (χ1) is 14.5. The van der Waals surface area contributed by atoms with E-state index in [-0.39, 0.29) is 5.76 Å². The first-order valence-electron chi connectivity index (χ1n) is 9.39. The summed E-state index contributed by atoms with van der Waals surface area (Å²) in [5, 5.41) is 4.67. The van der Waals surface area contributed by atoms with Crippen LogP contribution in [0, 0.1) is 5.92 Å². The van der Waals surface area contributed by atoms with Gasteiger partial charge in [-0.05, 0) is 31.2 Å². The van der Waals surface area contributed by atoms with Crippen LogP contribution in [0.5, 0.6) is 0 Å². The molecule has 0 radical (unpaired) electrons. The largest absolute Gasteiger partial charge is 0.430 e. The number of carbonyl (C=O) groups excluding carboxylic acids is 3. The van der Waals surface area contributed by atoms with Crippen LogP contribution in [0.4, 0.5) is 0 Å². The normalized spacial score (nSPS) is 16.4. The highest BCUT2D eigenvalue weighted by atomic mass is 16.5. The lowest BCUT2D eigenvalue weighted by Gasteiger charge is -2.15. The minimum Gasteiger partial charge on any atom is -0.430 e. The predicted octanol–water partition coefficient (Wildman–Crippen LogP) is 3.77. The van der Waals surface area contributed by atoms with Crippen molar-refractivity contribution in [1.29, 1.82) is 0 Å². The van der Waals surface area contributed by atoms with Gasteiger partial charge < -0.3 is 4.74 Å². The third-order valence-corrected chi connectivity index (χ3v) is 4.65. The van der Waals surface area contributed by atoms with Gasteiger partial charge in [-0.25, -0.2) is 4.68 Å². The summed E-state index contributed by atoms with van der Waals surface area (Å²) in [6.07, 6.45) is 5.77. The van der Waals surface area contributed by atoms with E-state index in [2.05, 4.69) is 5.10 Å². The number of aromatic nitrogens is 2. The molecule has 0 aliphatic carbocycles. The molecule has 0 saturated carbocycles. The first kappa shape index (κ1) is 19.3. The van der Waals surface area contributed by atoms with Crippen LogP contribution in [0.15, 0.2) is 84.8 Å². The van der Waals surface area contributed by atoms with Crippen molar-refractivity contribution < 1.29 is 19.1 Å². The number of cyclic esters (lactones) is 1. The lowest BCUT2D eigenvalue weighted by atomic mass is 9.95. The maximum Gasteiger partial charge on any atom is 0.329 e. The molecule has 6 heteroatoms. The van der Waals surface area contributed by atoms with Gasteiger partial charge in [-0.1, -0.05) is 48.5 Å². The summed E-state index contributed by atoms with van der Waals surface area (Å²) >= 11 is 0. The maximum atomic E-state index is 12.6. The SMILES string of the molecule is CC1=CC(=O)[C@H](C(=O)/C=C/c2cn(-c3ccccc3)nc2-c2ccccc2)C(=O)O1. The Bertz CT molecular complexity index is 1170. The van der Waals surface area contributed by atoms with Crippen LogP contribution in [0.2, 0.25) is 0 Å². The van der Waals surface area contributed by atoms with Crippen LogP contribution in [-0.4, -0.2) is 27.3 Å². The molecule has 1 atom stereocenters. The molecule has 0 bridgehead atoms. The van der Waals surface area contributed by atoms with Crippen LogP contribution in [0.3, 0.4) is 0 Å². The highest BCUT2D eigenvalue weighted by molar-refractivity contribution is 6.25. The molecule has 3 aromatic rings. The molecule has 2 heterocycles. The van der Waals surface area contributed by atoms with E-state index >= 15 is 0 Å². The van der Waals surface area contributed by atoms with Crippen molar-refractivity contribution in [2.24, 2.45) is 5.92 Å². The van der Waals surface area contributed by atoms with Crippen molar-refractivity contribution in [3.05, 3.63) is 90.3 Å². The second kappa shape index (κ2) is 8.13. The Morgan fingerprint density at radius 1 is 1.03 bits per heavy atom. The van der Waals surface area contributed by atoms with Gasteiger partial charge in [0.2, 0.25) is 0 Å². The standard InChI is InChI=1S/C24H18N2O4/c1-16-14-21(28)22(24(29)30-16)20(27)13-12-18-15-26(19-10-6-3-7-11-19)25-23(18)17-8-4-2-5-9-17/h2-15,22H,1H3/b13-12+/t22-/m0/s1. The van der Waals surface area contributed by atoms with Crippen LogP contribution < -0.4 is 0 Å². The van der Waals surface area contributed by atoms with Crippen LogP contribution in [0.25, 0.3) is 23.0 Å². The number of ketones is 2. The topological polar surface area (TPSA) is 78.3 Å². The van der Waals surface area contributed by atoms with Gasteiger partial charge in [-0.2, -0.15) is 5.10 Å². The summed E-state index contributed by atoms with van der Waals surface area (Å²) < 4.78 is 6.65. The third-order valence-electron chi connectivity index (χ3n) is 4.65. The number of benzene rings is 2. The summed E-state index contributed by atoms with van der Waals surface area (Å²) in [5.74, 6) is -3.32. The molecule has 0 unspecified atom stereocenters. The van der Waals surface area contributed by atoms with Gasteiger partial charge in [-0.3, -0.25) is 14.4 Å². The Balaban J connectivity index is 1.69. The number of ether oxygens (including phenoxy) is 1. The molecule has 1 aliphatic rings. The highest BCUT2D eigenvalue weighted by Gasteiger charge is 2.36. The second-order valence-electron chi connectivity index (χ2n) is 6.83. The van der Waals surface area contributed by atoms with Crippen molar-refractivity contribution in [1.82, 2.24) is 9.78 Å². The molecule has 0 fully saturated rings. The van der Waals surface area contributed by atoms with Gasteiger partial charge in [0.05, 0.1) is 11.4 Å². The van der Waals surface area contributed by atoms with E-state index in [0.29, 0.717) is 11.3 Å². The zero-order chi connectivity index (χ0) is 21.1. The molecule has 0 spiro atoms. The molecule has 6 nitrogen and oxygen atoms in total. The van der Waals surface area contributed by atoms with E-state index in [1.54, 1.807) is 17.0 Å². The second-order valence-corrected chi connectivity index (χ2v) is 6.83. The molecule has 1 aromatic heterocycles. The molecular formula is C24H18N2O4. The van der Waals surface area contributed by atoms with E-state index in [1.807, 2.05) is 60.7 Å². The molecule has 2 aromatic carbocycles. The quantitative estimate of drug-likeness (QED) is 0.371. The Morgan fingerprint density at radius 3 is 2.37 bits per heavy atom. The number of esters is 1. The van der Waals surface area contributed by atoms with Gasteiger partial charge in [0, 0.05) is 23.4 Å². The lowest BCUT2D eigenvalue weighted by molar-refractivity contribution is -0.151. The number of allylic oxidation sites excluding steroid dienone is 3. The average Bonchev–Trinajstić information content (AvgIpc) is 3.17. The fourth-order valence-corrected chi connectivity index (χ4v) is 3.21. The third kappa shape index (κ3) is 3.89. The number of nitrogens with zero attached hydrogens (tertiary/aromatic N) is 2. The monoisotopic (exact) mass is 398 g/mol. The van der Waals surface area contributed by atoms with Gasteiger partial charge >= 0.3 is 5.97 Å². The smallest absolute Gasteiger partial charge is 0.329 e. The molecule has 30 heavy (non-hydrogen) atoms. The Morgan fingerprint density at radius 2 is 1.70 bits per heavy atom. The summed E-state index contributed by atoms with van der Waals surface area (Å²) in [4.78, 5) is 36.6. The zero-order valence-corrected chi connectivity index (χ0v) is 16.2. The van der Waals surface area contributed by atoms with Crippen molar-refractivity contribution >= 4 is 23.6 Å². The minimum atomic E-state index is -1.46. The summed E-state index contributed by atoms with van der Waals surface area (Å²) in [6.45, 7) is 1.50. The molecular weight excluding hydrogens is 380 g/mol. The van der Waals surface area contributed by atoms with Crippen LogP contribution in [-0.2, 0) is 19.1 Å². The summed E-state index contributed by atoms with van der Waals surface area (Å²) in [6, 6.07) is 19.1. The number of rotatable bonds is 5. The van der Waals surface area contributed by atoms with Crippen molar-refractivity contribution in [2.75, 3.05) is 0 Å². The number of carbonyl (C=O) groups is 3. The van der Waals surface area contributed by atoms with Gasteiger partial charge in [-0.15, -0.1) is 0 Å². The lowest BCUT2D eigenvalue weighted by Crippen LogP contribution is -2.34. The highest BCUT2D eigenvalue weighted by Crippen LogP contribution is 2.25. The Labute approximate surface area is 173 Å². The van der Waals surface area contributed by atoms with Crippen LogP contribution in [0.1, 0.15) is 12.5 Å². The zero-order valence-electron chi connectivity index (χ0n) is 16.2. The Hall–Kier alpha value is -4.06. The fourth-order valence-electron chi connectivity index (χ4n) is 3.21. The van der Waals surface area contributed by atoms with Crippen molar-refractivity contribution in [3.63, 3.8) is 0 Å². The fraction of sp³-hybridized carbons (Fsp3) is 0.0833. The van der Waals surface area contributed by atoms with E-state index in [1.165, 1.54) is 19.1 Å². The summed E-state index contributed by atoms with van der Waals surface area (Å²) in [7, 11) is 0. The van der Waals surface area contributed by atoms with E-state index < -0.39 is 23.5 Å². The van der Waals surface area contributed by atoms with Crippen LogP contribution >= 0.6 is 0 Å². The first-order valence-corrected chi connectivity index (χ1v) is 9.39. The molecule has 0 N–H and O–H groups in total. The van der Waals surface area contributed by atoms with Gasteiger partial charge in [0.1, 0.15) is 5.76 Å². The van der Waals surface area contributed by atoms with Gasteiger partial charge in [0.25, 0.3) is 0 Å². The van der Waals surface area contributed by atoms with E-state index in [0.717, 1.165) is 11.3 Å². The molecule has 0 amide bonds. The van der Waals surface area contributed by atoms with Crippen molar-refractivity contribution in [2.45, 2.75) is 6.92 Å². The molecule has 148 valence electrons. The van der Waals surface area contributed by atoms with E-state index in [4.69, 9.17) is 4.74 Å².